The molecule has 154 valence electrons. The monoisotopic (exact) mass is 421 g/mol. The van der Waals surface area contributed by atoms with Gasteiger partial charge in [-0.05, 0) is 54.8 Å². The molecule has 0 amide bonds. The van der Waals surface area contributed by atoms with Crippen molar-refractivity contribution in [2.75, 3.05) is 31.3 Å². The third-order valence-electron chi connectivity index (χ3n) is 4.77. The Bertz CT molecular complexity index is 774. The van der Waals surface area contributed by atoms with Crippen LogP contribution in [0.2, 0.25) is 0 Å². The first-order chi connectivity index (χ1) is 13.2. The quantitative estimate of drug-likeness (QED) is 0.298. The standard InChI is InChI=1S/C20H31N5OS2/c1-6-7-12-27-16-10-8-15(9-11-16)21-17-13-24(5)14-25(17,26)19-23-22-18(28-19)20(2,3)4/h8-11,17,21H,6-7,12-14H2,1-5H3. The van der Waals surface area contributed by atoms with Crippen LogP contribution in [0.5, 0.6) is 0 Å². The van der Waals surface area contributed by atoms with Gasteiger partial charge in [0.15, 0.2) is 6.17 Å². The van der Waals surface area contributed by atoms with E-state index in [1.807, 2.05) is 18.8 Å². The van der Waals surface area contributed by atoms with Gasteiger partial charge in [-0.3, -0.25) is 9.55 Å². The Hall–Kier alpha value is -1.19. The average Bonchev–Trinajstić information content (AvgIpc) is 3.23. The minimum atomic E-state index is -0.503. The van der Waals surface area contributed by atoms with Crippen LogP contribution in [0.25, 0.3) is 0 Å². The summed E-state index contributed by atoms with van der Waals surface area (Å²) < 4.78 is -0.503. The van der Waals surface area contributed by atoms with E-state index in [-0.39, 0.29) is 11.6 Å². The van der Waals surface area contributed by atoms with Crippen molar-refractivity contribution in [2.45, 2.75) is 57.0 Å². The molecule has 2 unspecified atom stereocenters. The lowest BCUT2D eigenvalue weighted by Crippen LogP contribution is -2.52. The molecule has 0 radical (unpaired) electrons. The van der Waals surface area contributed by atoms with E-state index in [0.29, 0.717) is 18.3 Å². The van der Waals surface area contributed by atoms with Crippen molar-refractivity contribution in [1.29, 1.82) is 0 Å². The number of nitrogens with zero attached hydrogens (tertiary/aromatic N) is 4. The highest BCUT2D eigenvalue weighted by Gasteiger charge is 2.43. The third-order valence-corrected chi connectivity index (χ3v) is 7.33. The van der Waals surface area contributed by atoms with Gasteiger partial charge in [0.1, 0.15) is 11.7 Å². The second-order valence-electron chi connectivity index (χ2n) is 8.50. The number of anilines is 1. The number of nitrogens with one attached hydrogen (secondary N) is 1. The Morgan fingerprint density at radius 1 is 1.29 bits per heavy atom. The number of thioether (sulfide) groups is 1. The fourth-order valence-corrected chi connectivity index (χ4v) is 5.11. The highest BCUT2D eigenvalue weighted by molar-refractivity contribution is 7.99. The van der Waals surface area contributed by atoms with Gasteiger partial charge >= 0.3 is 5.13 Å². The van der Waals surface area contributed by atoms with Gasteiger partial charge in [-0.15, -0.1) is 16.9 Å². The van der Waals surface area contributed by atoms with E-state index < -0.39 is 4.65 Å². The number of rotatable bonds is 7. The molecule has 3 rings (SSSR count). The molecule has 0 aliphatic carbocycles. The van der Waals surface area contributed by atoms with Crippen LogP contribution in [0.3, 0.4) is 0 Å². The SMILES string of the molecule is CCCCSc1ccc(NC2CN(C)C[N+]2([O-])c2nnc(C(C)(C)C)s2)cc1. The molecule has 8 heteroatoms. The molecule has 0 saturated carbocycles. The van der Waals surface area contributed by atoms with Crippen molar-refractivity contribution in [3.05, 3.63) is 34.5 Å². The van der Waals surface area contributed by atoms with Crippen LogP contribution < -0.4 is 9.96 Å². The fourth-order valence-electron chi connectivity index (χ4n) is 3.13. The largest absolute Gasteiger partial charge is 0.623 e. The van der Waals surface area contributed by atoms with Gasteiger partial charge in [0.05, 0.1) is 6.54 Å². The summed E-state index contributed by atoms with van der Waals surface area (Å²) in [6.07, 6.45) is 2.14. The van der Waals surface area contributed by atoms with Crippen LogP contribution in [0.1, 0.15) is 45.5 Å². The van der Waals surface area contributed by atoms with Crippen molar-refractivity contribution in [2.24, 2.45) is 0 Å². The maximum absolute atomic E-state index is 13.8. The van der Waals surface area contributed by atoms with Gasteiger partial charge in [0.2, 0.25) is 0 Å². The molecule has 0 spiro atoms. The number of aromatic nitrogens is 2. The molecule has 0 bridgehead atoms. The summed E-state index contributed by atoms with van der Waals surface area (Å²) in [6.45, 7) is 9.54. The smallest absolute Gasteiger partial charge is 0.309 e. The van der Waals surface area contributed by atoms with Crippen molar-refractivity contribution < 1.29 is 0 Å². The Morgan fingerprint density at radius 2 is 2.00 bits per heavy atom. The van der Waals surface area contributed by atoms with Gasteiger partial charge in [-0.25, -0.2) is 0 Å². The number of quaternary nitrogens is 1. The molecular formula is C20H31N5OS2. The summed E-state index contributed by atoms with van der Waals surface area (Å²) in [5.74, 6) is 1.14. The molecule has 1 aliphatic rings. The lowest BCUT2D eigenvalue weighted by molar-refractivity contribution is 0.322. The third kappa shape index (κ3) is 4.86. The molecular weight excluding hydrogens is 390 g/mol. The Balaban J connectivity index is 1.74. The van der Waals surface area contributed by atoms with Crippen molar-refractivity contribution >= 4 is 33.9 Å². The molecule has 1 saturated heterocycles. The minimum absolute atomic E-state index is 0.102. The van der Waals surface area contributed by atoms with E-state index >= 15 is 0 Å². The molecule has 1 aromatic carbocycles. The predicted molar refractivity (Wildman–Crippen MR) is 121 cm³/mol. The highest BCUT2D eigenvalue weighted by atomic mass is 32.2. The molecule has 2 aromatic rings. The maximum Gasteiger partial charge on any atom is 0.309 e. The number of likely N-dealkylation sites (N-methyl/N-ethyl adjacent to an activating group) is 1. The molecule has 1 aromatic heterocycles. The zero-order valence-corrected chi connectivity index (χ0v) is 19.1. The fraction of sp³-hybridized carbons (Fsp3) is 0.600. The number of hydrogen-bond donors (Lipinski definition) is 1. The summed E-state index contributed by atoms with van der Waals surface area (Å²) in [5, 5.41) is 27.2. The van der Waals surface area contributed by atoms with Crippen molar-refractivity contribution in [3.63, 3.8) is 0 Å². The van der Waals surface area contributed by atoms with E-state index in [1.54, 1.807) is 0 Å². The summed E-state index contributed by atoms with van der Waals surface area (Å²) in [6, 6.07) is 8.39. The summed E-state index contributed by atoms with van der Waals surface area (Å²) in [7, 11) is 1.98. The zero-order chi connectivity index (χ0) is 20.4. The second kappa shape index (κ2) is 8.67. The highest BCUT2D eigenvalue weighted by Crippen LogP contribution is 2.37. The Morgan fingerprint density at radius 3 is 2.61 bits per heavy atom. The lowest BCUT2D eigenvalue weighted by Gasteiger charge is -2.39. The maximum atomic E-state index is 13.8. The minimum Gasteiger partial charge on any atom is -0.623 e. The first-order valence-electron chi connectivity index (χ1n) is 9.83. The van der Waals surface area contributed by atoms with Crippen LogP contribution in [0, 0.1) is 5.21 Å². The van der Waals surface area contributed by atoms with Gasteiger partial charge in [0, 0.05) is 16.0 Å². The summed E-state index contributed by atoms with van der Waals surface area (Å²) >= 11 is 3.31. The first kappa shape index (κ1) is 21.5. The molecule has 6 nitrogen and oxygen atoms in total. The second-order valence-corrected chi connectivity index (χ2v) is 10.6. The number of hydrogen-bond acceptors (Lipinski definition) is 7. The number of unbranched alkanes of at least 4 members (excludes halogenated alkanes) is 1. The topological polar surface area (TPSA) is 64.1 Å². The van der Waals surface area contributed by atoms with E-state index in [2.05, 4.69) is 72.4 Å². The predicted octanol–water partition coefficient (Wildman–Crippen LogP) is 4.87. The van der Waals surface area contributed by atoms with E-state index in [1.165, 1.54) is 29.1 Å². The van der Waals surface area contributed by atoms with Gasteiger partial charge in [0.25, 0.3) is 0 Å². The normalized spacial score (nSPS) is 23.3. The first-order valence-corrected chi connectivity index (χ1v) is 11.6. The van der Waals surface area contributed by atoms with Crippen LogP contribution in [-0.4, -0.2) is 47.3 Å². The molecule has 1 aliphatic heterocycles. The van der Waals surface area contributed by atoms with Gasteiger partial charge in [-0.2, -0.15) is 0 Å². The zero-order valence-electron chi connectivity index (χ0n) is 17.4. The summed E-state index contributed by atoms with van der Waals surface area (Å²) in [4.78, 5) is 3.32. The van der Waals surface area contributed by atoms with Crippen LogP contribution in [-0.2, 0) is 5.41 Å². The van der Waals surface area contributed by atoms with E-state index in [4.69, 9.17) is 0 Å². The van der Waals surface area contributed by atoms with Crippen LogP contribution in [0.15, 0.2) is 29.2 Å². The van der Waals surface area contributed by atoms with Crippen molar-refractivity contribution in [1.82, 2.24) is 19.7 Å². The molecule has 28 heavy (non-hydrogen) atoms. The van der Waals surface area contributed by atoms with Gasteiger partial charge < -0.3 is 10.5 Å². The molecule has 2 heterocycles. The molecule has 2 atom stereocenters. The molecule has 1 fully saturated rings. The average molecular weight is 422 g/mol. The van der Waals surface area contributed by atoms with Crippen molar-refractivity contribution in [3.8, 4) is 0 Å². The van der Waals surface area contributed by atoms with Gasteiger partial charge in [-0.1, -0.05) is 39.2 Å². The Labute approximate surface area is 176 Å². The number of hydroxylamine groups is 2. The number of benzene rings is 1. The molecule has 1 N–H and O–H groups in total. The van der Waals surface area contributed by atoms with E-state index in [9.17, 15) is 5.21 Å². The van der Waals surface area contributed by atoms with Crippen LogP contribution >= 0.6 is 23.1 Å². The Kier molecular flexibility index (Phi) is 6.66. The summed E-state index contributed by atoms with van der Waals surface area (Å²) in [5.41, 5.74) is 0.869. The lowest BCUT2D eigenvalue weighted by atomic mass is 9.98. The van der Waals surface area contributed by atoms with Crippen LogP contribution in [0.4, 0.5) is 10.8 Å². The van der Waals surface area contributed by atoms with E-state index in [0.717, 1.165) is 16.4 Å².